The average Bonchev–Trinajstić information content (AvgIpc) is 2.60. The summed E-state index contributed by atoms with van der Waals surface area (Å²) in [5, 5.41) is 2.45. The van der Waals surface area contributed by atoms with Crippen LogP contribution < -0.4 is 20.9 Å². The first-order chi connectivity index (χ1) is 11.9. The monoisotopic (exact) mass is 485 g/mol. The Hall–Kier alpha value is -1.97. The molecule has 130 valence electrons. The molecule has 0 bridgehead atoms. The highest BCUT2D eigenvalue weighted by molar-refractivity contribution is 9.10. The summed E-state index contributed by atoms with van der Waals surface area (Å²) in [7, 11) is 1.53. The van der Waals surface area contributed by atoms with Crippen LogP contribution in [0, 0.1) is 0 Å². The molecule has 0 aromatic heterocycles. The number of nitrogens with one attached hydrogen (secondary N) is 3. The van der Waals surface area contributed by atoms with Crippen molar-refractivity contribution >= 4 is 61.0 Å². The fourth-order valence-electron chi connectivity index (χ4n) is 1.84. The Bertz CT molecular complexity index is 830. The molecule has 3 N–H and O–H groups in total. The molecule has 0 aliphatic rings. The second kappa shape index (κ2) is 8.93. The molecule has 0 heterocycles. The molecule has 2 aromatic carbocycles. The maximum atomic E-state index is 12.2. The minimum absolute atomic E-state index is 0.0302. The largest absolute Gasteiger partial charge is 0.496 e. The molecule has 0 saturated carbocycles. The van der Waals surface area contributed by atoms with E-state index in [0.717, 1.165) is 0 Å². The van der Waals surface area contributed by atoms with Crippen molar-refractivity contribution in [2.24, 2.45) is 0 Å². The molecule has 6 nitrogen and oxygen atoms in total. The third kappa shape index (κ3) is 5.25. The SMILES string of the molecule is COc1ccc(C(=O)NC(=S)NNC(=O)c2ccccc2Br)cc1Br. The van der Waals surface area contributed by atoms with Gasteiger partial charge >= 0.3 is 0 Å². The van der Waals surface area contributed by atoms with Crippen molar-refractivity contribution in [2.45, 2.75) is 0 Å². The number of ether oxygens (including phenoxy) is 1. The van der Waals surface area contributed by atoms with Crippen LogP contribution in [0.3, 0.4) is 0 Å². The van der Waals surface area contributed by atoms with Crippen LogP contribution in [0.5, 0.6) is 5.75 Å². The Kier molecular flexibility index (Phi) is 6.91. The van der Waals surface area contributed by atoms with Crippen LogP contribution in [-0.4, -0.2) is 24.0 Å². The summed E-state index contributed by atoms with van der Waals surface area (Å²) in [4.78, 5) is 24.2. The van der Waals surface area contributed by atoms with Crippen molar-refractivity contribution in [2.75, 3.05) is 7.11 Å². The standard InChI is InChI=1S/C16H13Br2N3O3S/c1-24-13-7-6-9(8-12(13)18)14(22)19-16(25)21-20-15(23)10-4-2-3-5-11(10)17/h2-8H,1H3,(H,20,23)(H2,19,21,22,25). The lowest BCUT2D eigenvalue weighted by atomic mass is 10.2. The van der Waals surface area contributed by atoms with Gasteiger partial charge in [0, 0.05) is 10.0 Å². The van der Waals surface area contributed by atoms with E-state index in [2.05, 4.69) is 48.0 Å². The molecule has 9 heteroatoms. The summed E-state index contributed by atoms with van der Waals surface area (Å²) < 4.78 is 6.40. The van der Waals surface area contributed by atoms with E-state index in [1.807, 2.05) is 0 Å². The van der Waals surface area contributed by atoms with E-state index >= 15 is 0 Å². The minimum Gasteiger partial charge on any atom is -0.496 e. The van der Waals surface area contributed by atoms with E-state index in [0.29, 0.717) is 25.8 Å². The molecular formula is C16H13Br2N3O3S. The van der Waals surface area contributed by atoms with Gasteiger partial charge in [-0.15, -0.1) is 0 Å². The Morgan fingerprint density at radius 3 is 2.36 bits per heavy atom. The summed E-state index contributed by atoms with van der Waals surface area (Å²) in [6, 6.07) is 11.8. The van der Waals surface area contributed by atoms with Gasteiger partial charge in [0.25, 0.3) is 11.8 Å². The molecule has 0 aliphatic heterocycles. The Morgan fingerprint density at radius 2 is 1.72 bits per heavy atom. The first kappa shape index (κ1) is 19.4. The van der Waals surface area contributed by atoms with Crippen molar-refractivity contribution in [3.05, 3.63) is 62.5 Å². The molecule has 25 heavy (non-hydrogen) atoms. The highest BCUT2D eigenvalue weighted by Gasteiger charge is 2.12. The van der Waals surface area contributed by atoms with Crippen LogP contribution >= 0.6 is 44.1 Å². The number of halogens is 2. The second-order valence-electron chi connectivity index (χ2n) is 4.69. The topological polar surface area (TPSA) is 79.5 Å². The maximum Gasteiger partial charge on any atom is 0.270 e. The molecule has 0 aliphatic carbocycles. The lowest BCUT2D eigenvalue weighted by Gasteiger charge is -2.12. The summed E-state index contributed by atoms with van der Waals surface area (Å²) in [5.41, 5.74) is 5.73. The summed E-state index contributed by atoms with van der Waals surface area (Å²) >= 11 is 11.6. The van der Waals surface area contributed by atoms with Crippen LogP contribution in [-0.2, 0) is 0 Å². The van der Waals surface area contributed by atoms with Gasteiger partial charge in [0.15, 0.2) is 5.11 Å². The smallest absolute Gasteiger partial charge is 0.270 e. The molecule has 0 unspecified atom stereocenters. The predicted octanol–water partition coefficient (Wildman–Crippen LogP) is 3.17. The zero-order chi connectivity index (χ0) is 18.4. The zero-order valence-electron chi connectivity index (χ0n) is 12.9. The van der Waals surface area contributed by atoms with E-state index in [9.17, 15) is 9.59 Å². The summed E-state index contributed by atoms with van der Waals surface area (Å²) in [5.74, 6) is -0.204. The number of hydrogen-bond donors (Lipinski definition) is 3. The third-order valence-electron chi connectivity index (χ3n) is 3.05. The Morgan fingerprint density at radius 1 is 1.00 bits per heavy atom. The number of hydrogen-bond acceptors (Lipinski definition) is 4. The van der Waals surface area contributed by atoms with E-state index in [4.69, 9.17) is 17.0 Å². The Balaban J connectivity index is 1.92. The summed E-state index contributed by atoms with van der Waals surface area (Å²) in [6.07, 6.45) is 0. The molecule has 2 aromatic rings. The number of amides is 2. The molecule has 0 atom stereocenters. The number of benzene rings is 2. The second-order valence-corrected chi connectivity index (χ2v) is 6.81. The van der Waals surface area contributed by atoms with Crippen LogP contribution in [0.15, 0.2) is 51.4 Å². The number of carbonyl (C=O) groups is 2. The molecule has 0 fully saturated rings. The van der Waals surface area contributed by atoms with Crippen molar-refractivity contribution in [1.82, 2.24) is 16.2 Å². The number of rotatable bonds is 3. The van der Waals surface area contributed by atoms with E-state index in [1.165, 1.54) is 7.11 Å². The van der Waals surface area contributed by atoms with E-state index in [1.54, 1.807) is 42.5 Å². The van der Waals surface area contributed by atoms with Gasteiger partial charge in [-0.1, -0.05) is 12.1 Å². The van der Waals surface area contributed by atoms with Gasteiger partial charge in [0.2, 0.25) is 0 Å². The number of methoxy groups -OCH3 is 1. The number of hydrazine groups is 1. The van der Waals surface area contributed by atoms with Crippen molar-refractivity contribution in [1.29, 1.82) is 0 Å². The van der Waals surface area contributed by atoms with Crippen LogP contribution in [0.25, 0.3) is 0 Å². The van der Waals surface area contributed by atoms with Gasteiger partial charge in [0.1, 0.15) is 5.75 Å². The lowest BCUT2D eigenvalue weighted by molar-refractivity contribution is 0.0934. The lowest BCUT2D eigenvalue weighted by Crippen LogP contribution is -2.48. The highest BCUT2D eigenvalue weighted by Crippen LogP contribution is 2.25. The zero-order valence-corrected chi connectivity index (χ0v) is 16.9. The first-order valence-electron chi connectivity index (χ1n) is 6.92. The van der Waals surface area contributed by atoms with Gasteiger partial charge in [-0.2, -0.15) is 0 Å². The van der Waals surface area contributed by atoms with Gasteiger partial charge in [-0.05, 0) is 74.4 Å². The number of thiocarbonyl (C=S) groups is 1. The fraction of sp³-hybridized carbons (Fsp3) is 0.0625. The quantitative estimate of drug-likeness (QED) is 0.458. The van der Waals surface area contributed by atoms with Gasteiger partial charge in [-0.25, -0.2) is 0 Å². The van der Waals surface area contributed by atoms with Gasteiger partial charge < -0.3 is 4.74 Å². The van der Waals surface area contributed by atoms with Crippen LogP contribution in [0.4, 0.5) is 0 Å². The molecule has 0 spiro atoms. The minimum atomic E-state index is -0.420. The van der Waals surface area contributed by atoms with Gasteiger partial charge in [0.05, 0.1) is 17.1 Å². The first-order valence-corrected chi connectivity index (χ1v) is 8.91. The molecule has 0 radical (unpaired) electrons. The average molecular weight is 487 g/mol. The van der Waals surface area contributed by atoms with E-state index < -0.39 is 11.8 Å². The summed E-state index contributed by atoms with van der Waals surface area (Å²) in [6.45, 7) is 0. The molecule has 0 saturated heterocycles. The highest BCUT2D eigenvalue weighted by atomic mass is 79.9. The number of carbonyl (C=O) groups excluding carboxylic acids is 2. The van der Waals surface area contributed by atoms with E-state index in [-0.39, 0.29) is 5.11 Å². The Labute approximate surface area is 166 Å². The van der Waals surface area contributed by atoms with Crippen molar-refractivity contribution in [3.8, 4) is 5.75 Å². The molecule has 2 amide bonds. The fourth-order valence-corrected chi connectivity index (χ4v) is 2.99. The molecule has 2 rings (SSSR count). The predicted molar refractivity (Wildman–Crippen MR) is 106 cm³/mol. The van der Waals surface area contributed by atoms with Crippen molar-refractivity contribution in [3.63, 3.8) is 0 Å². The van der Waals surface area contributed by atoms with Crippen LogP contribution in [0.1, 0.15) is 20.7 Å². The molecular weight excluding hydrogens is 474 g/mol. The van der Waals surface area contributed by atoms with Gasteiger partial charge in [-0.3, -0.25) is 25.8 Å². The third-order valence-corrected chi connectivity index (χ3v) is 4.56. The van der Waals surface area contributed by atoms with Crippen LogP contribution in [0.2, 0.25) is 0 Å². The van der Waals surface area contributed by atoms with Crippen molar-refractivity contribution < 1.29 is 14.3 Å². The maximum absolute atomic E-state index is 12.2. The normalized spacial score (nSPS) is 9.88.